The Hall–Kier alpha value is -3.68. The lowest BCUT2D eigenvalue weighted by molar-refractivity contribution is -0.384. The number of hydrogen-bond donors (Lipinski definition) is 1. The average Bonchev–Trinajstić information content (AvgIpc) is 2.67. The standard InChI is InChI=1S/C18H15N5O3/c1-11-3-4-13(23(25)26)10-14(11)15-6-8-21-17(22-15)12-5-7-20-16(9-12)18(24)19-2/h3-10H,1-2H3,(H,19,24). The molecule has 0 aliphatic heterocycles. The van der Waals surface area contributed by atoms with Crippen molar-refractivity contribution < 1.29 is 9.72 Å². The third kappa shape index (κ3) is 3.39. The van der Waals surface area contributed by atoms with Gasteiger partial charge in [-0.3, -0.25) is 19.9 Å². The molecule has 8 heteroatoms. The molecule has 0 saturated heterocycles. The van der Waals surface area contributed by atoms with Gasteiger partial charge in [0, 0.05) is 42.7 Å². The van der Waals surface area contributed by atoms with Crippen LogP contribution in [-0.4, -0.2) is 32.8 Å². The molecule has 1 amide bonds. The van der Waals surface area contributed by atoms with E-state index >= 15 is 0 Å². The van der Waals surface area contributed by atoms with Gasteiger partial charge >= 0.3 is 0 Å². The predicted molar refractivity (Wildman–Crippen MR) is 95.5 cm³/mol. The fourth-order valence-electron chi connectivity index (χ4n) is 2.47. The Bertz CT molecular complexity index is 1000. The summed E-state index contributed by atoms with van der Waals surface area (Å²) in [7, 11) is 1.53. The van der Waals surface area contributed by atoms with Crippen LogP contribution in [0, 0.1) is 17.0 Å². The maximum atomic E-state index is 11.8. The van der Waals surface area contributed by atoms with Crippen molar-refractivity contribution in [1.82, 2.24) is 20.3 Å². The van der Waals surface area contributed by atoms with Crippen LogP contribution in [0.5, 0.6) is 0 Å². The van der Waals surface area contributed by atoms with E-state index in [1.165, 1.54) is 25.4 Å². The van der Waals surface area contributed by atoms with Crippen molar-refractivity contribution in [2.24, 2.45) is 0 Å². The van der Waals surface area contributed by atoms with E-state index in [2.05, 4.69) is 20.3 Å². The van der Waals surface area contributed by atoms with Gasteiger partial charge in [0.1, 0.15) is 5.69 Å². The smallest absolute Gasteiger partial charge is 0.270 e. The number of benzene rings is 1. The normalized spacial score (nSPS) is 10.4. The first-order chi connectivity index (χ1) is 12.5. The van der Waals surface area contributed by atoms with Gasteiger partial charge in [0.05, 0.1) is 10.6 Å². The van der Waals surface area contributed by atoms with Crippen molar-refractivity contribution in [3.8, 4) is 22.6 Å². The number of pyridine rings is 1. The minimum absolute atomic E-state index is 0.00317. The first kappa shape index (κ1) is 17.2. The van der Waals surface area contributed by atoms with E-state index in [4.69, 9.17) is 0 Å². The number of nitro groups is 1. The molecule has 26 heavy (non-hydrogen) atoms. The van der Waals surface area contributed by atoms with Gasteiger partial charge in [-0.05, 0) is 30.7 Å². The van der Waals surface area contributed by atoms with Crippen LogP contribution < -0.4 is 5.32 Å². The maximum Gasteiger partial charge on any atom is 0.270 e. The number of carbonyl (C=O) groups is 1. The fourth-order valence-corrected chi connectivity index (χ4v) is 2.47. The summed E-state index contributed by atoms with van der Waals surface area (Å²) in [4.78, 5) is 35.1. The van der Waals surface area contributed by atoms with Crippen LogP contribution in [0.2, 0.25) is 0 Å². The molecule has 1 N–H and O–H groups in total. The molecule has 0 spiro atoms. The predicted octanol–water partition coefficient (Wildman–Crippen LogP) is 2.78. The summed E-state index contributed by atoms with van der Waals surface area (Å²) in [5, 5.41) is 13.6. The molecule has 8 nitrogen and oxygen atoms in total. The highest BCUT2D eigenvalue weighted by Gasteiger charge is 2.13. The van der Waals surface area contributed by atoms with Gasteiger partial charge in [0.25, 0.3) is 11.6 Å². The minimum atomic E-state index is -0.441. The van der Waals surface area contributed by atoms with E-state index in [1.807, 2.05) is 6.92 Å². The number of aryl methyl sites for hydroxylation is 1. The summed E-state index contributed by atoms with van der Waals surface area (Å²) < 4.78 is 0. The Balaban J connectivity index is 2.06. The summed E-state index contributed by atoms with van der Waals surface area (Å²) >= 11 is 0. The number of rotatable bonds is 4. The highest BCUT2D eigenvalue weighted by Crippen LogP contribution is 2.27. The second-order valence-corrected chi connectivity index (χ2v) is 5.53. The molecule has 130 valence electrons. The molecule has 0 atom stereocenters. The number of amides is 1. The monoisotopic (exact) mass is 349 g/mol. The number of nitrogens with zero attached hydrogens (tertiary/aromatic N) is 4. The van der Waals surface area contributed by atoms with Crippen LogP contribution in [0.1, 0.15) is 16.1 Å². The average molecular weight is 349 g/mol. The van der Waals surface area contributed by atoms with E-state index in [-0.39, 0.29) is 17.3 Å². The molecular weight excluding hydrogens is 334 g/mol. The molecule has 0 aliphatic carbocycles. The van der Waals surface area contributed by atoms with Crippen molar-refractivity contribution in [1.29, 1.82) is 0 Å². The van der Waals surface area contributed by atoms with Crippen molar-refractivity contribution in [2.45, 2.75) is 6.92 Å². The van der Waals surface area contributed by atoms with Crippen molar-refractivity contribution >= 4 is 11.6 Å². The Morgan fingerprint density at radius 3 is 2.62 bits per heavy atom. The molecule has 0 bridgehead atoms. The first-order valence-corrected chi connectivity index (χ1v) is 7.76. The van der Waals surface area contributed by atoms with Crippen molar-refractivity contribution in [3.05, 3.63) is 70.2 Å². The van der Waals surface area contributed by atoms with E-state index in [9.17, 15) is 14.9 Å². The molecule has 0 aliphatic rings. The minimum Gasteiger partial charge on any atom is -0.354 e. The maximum absolute atomic E-state index is 11.8. The van der Waals surface area contributed by atoms with E-state index in [0.717, 1.165) is 5.56 Å². The molecular formula is C18H15N5O3. The molecule has 0 saturated carbocycles. The molecule has 2 heterocycles. The highest BCUT2D eigenvalue weighted by molar-refractivity contribution is 5.93. The van der Waals surface area contributed by atoms with E-state index in [1.54, 1.807) is 30.5 Å². The van der Waals surface area contributed by atoms with Gasteiger partial charge in [0.2, 0.25) is 0 Å². The molecule has 3 aromatic rings. The fraction of sp³-hybridized carbons (Fsp3) is 0.111. The van der Waals surface area contributed by atoms with Crippen LogP contribution >= 0.6 is 0 Å². The largest absolute Gasteiger partial charge is 0.354 e. The Morgan fingerprint density at radius 2 is 1.88 bits per heavy atom. The lowest BCUT2D eigenvalue weighted by Gasteiger charge is -2.08. The zero-order valence-corrected chi connectivity index (χ0v) is 14.1. The molecule has 3 rings (SSSR count). The number of nitro benzene ring substituents is 1. The molecule has 0 fully saturated rings. The van der Waals surface area contributed by atoms with Crippen molar-refractivity contribution in [3.63, 3.8) is 0 Å². The van der Waals surface area contributed by atoms with Gasteiger partial charge in [-0.15, -0.1) is 0 Å². The van der Waals surface area contributed by atoms with E-state index in [0.29, 0.717) is 22.6 Å². The Morgan fingerprint density at radius 1 is 1.12 bits per heavy atom. The van der Waals surface area contributed by atoms with Gasteiger partial charge in [-0.1, -0.05) is 6.07 Å². The second kappa shape index (κ2) is 7.06. The third-order valence-corrected chi connectivity index (χ3v) is 3.84. The summed E-state index contributed by atoms with van der Waals surface area (Å²) in [6.07, 6.45) is 3.09. The molecule has 0 unspecified atom stereocenters. The summed E-state index contributed by atoms with van der Waals surface area (Å²) in [5.74, 6) is 0.0958. The second-order valence-electron chi connectivity index (χ2n) is 5.53. The summed E-state index contributed by atoms with van der Waals surface area (Å²) in [6, 6.07) is 9.62. The topological polar surface area (TPSA) is 111 Å². The van der Waals surface area contributed by atoms with Gasteiger partial charge in [-0.2, -0.15) is 0 Å². The zero-order valence-electron chi connectivity index (χ0n) is 14.1. The third-order valence-electron chi connectivity index (χ3n) is 3.84. The van der Waals surface area contributed by atoms with Crippen LogP contribution in [0.4, 0.5) is 5.69 Å². The van der Waals surface area contributed by atoms with Crippen LogP contribution in [-0.2, 0) is 0 Å². The van der Waals surface area contributed by atoms with Crippen LogP contribution in [0.3, 0.4) is 0 Å². The molecule has 0 radical (unpaired) electrons. The molecule has 1 aromatic carbocycles. The number of non-ortho nitro benzene ring substituents is 1. The van der Waals surface area contributed by atoms with Crippen molar-refractivity contribution in [2.75, 3.05) is 7.05 Å². The lowest BCUT2D eigenvalue weighted by atomic mass is 10.0. The highest BCUT2D eigenvalue weighted by atomic mass is 16.6. The quantitative estimate of drug-likeness (QED) is 0.573. The SMILES string of the molecule is CNC(=O)c1cc(-c2nccc(-c3cc([N+](=O)[O-])ccc3C)n2)ccn1. The van der Waals surface area contributed by atoms with Crippen LogP contribution in [0.15, 0.2) is 48.8 Å². The van der Waals surface area contributed by atoms with Gasteiger partial charge in [0.15, 0.2) is 5.82 Å². The Labute approximate surface area is 149 Å². The zero-order chi connectivity index (χ0) is 18.7. The number of aromatic nitrogens is 3. The van der Waals surface area contributed by atoms with Gasteiger partial charge in [-0.25, -0.2) is 9.97 Å². The lowest BCUT2D eigenvalue weighted by Crippen LogP contribution is -2.19. The first-order valence-electron chi connectivity index (χ1n) is 7.76. The van der Waals surface area contributed by atoms with Gasteiger partial charge < -0.3 is 5.32 Å². The summed E-state index contributed by atoms with van der Waals surface area (Å²) in [5.41, 5.74) is 2.96. The number of carbonyl (C=O) groups excluding carboxylic acids is 1. The van der Waals surface area contributed by atoms with E-state index < -0.39 is 4.92 Å². The molecule has 2 aromatic heterocycles. The Kier molecular flexibility index (Phi) is 4.66. The number of hydrogen-bond acceptors (Lipinski definition) is 6. The van der Waals surface area contributed by atoms with Crippen LogP contribution in [0.25, 0.3) is 22.6 Å². The summed E-state index contributed by atoms with van der Waals surface area (Å²) in [6.45, 7) is 1.86. The number of nitrogens with one attached hydrogen (secondary N) is 1.